The van der Waals surface area contributed by atoms with E-state index in [9.17, 15) is 4.79 Å². The standard InChI is InChI=1S/C16H21N5O/c1-11-7-9-13(10-8-11)15-18-20-21(19-15)12(2)16(22)17-14-5-3-4-6-14/h7-10,12,14H,3-6H2,1-2H3,(H,17,22)/t12-/m1/s1. The Balaban J connectivity index is 1.69. The van der Waals surface area contributed by atoms with E-state index >= 15 is 0 Å². The van der Waals surface area contributed by atoms with Crippen LogP contribution in [0.5, 0.6) is 0 Å². The lowest BCUT2D eigenvalue weighted by Crippen LogP contribution is -2.38. The SMILES string of the molecule is Cc1ccc(-c2nnn([C@H](C)C(=O)NC3CCCC3)n2)cc1. The monoisotopic (exact) mass is 299 g/mol. The first-order chi connectivity index (χ1) is 10.6. The number of nitrogens with one attached hydrogen (secondary N) is 1. The van der Waals surface area contributed by atoms with Crippen LogP contribution in [0.2, 0.25) is 0 Å². The van der Waals surface area contributed by atoms with Crippen LogP contribution < -0.4 is 5.32 Å². The third-order valence-corrected chi connectivity index (χ3v) is 4.17. The largest absolute Gasteiger partial charge is 0.351 e. The number of aryl methyl sites for hydroxylation is 1. The molecule has 116 valence electrons. The van der Waals surface area contributed by atoms with Crippen molar-refractivity contribution in [3.05, 3.63) is 29.8 Å². The van der Waals surface area contributed by atoms with Crippen LogP contribution in [-0.4, -0.2) is 32.2 Å². The van der Waals surface area contributed by atoms with Gasteiger partial charge in [0.2, 0.25) is 11.7 Å². The molecule has 1 aromatic heterocycles. The van der Waals surface area contributed by atoms with Crippen molar-refractivity contribution in [2.75, 3.05) is 0 Å². The number of amides is 1. The lowest BCUT2D eigenvalue weighted by atomic mass is 10.1. The molecule has 0 unspecified atom stereocenters. The highest BCUT2D eigenvalue weighted by Crippen LogP contribution is 2.19. The van der Waals surface area contributed by atoms with Gasteiger partial charge in [-0.05, 0) is 31.9 Å². The van der Waals surface area contributed by atoms with Crippen LogP contribution in [0, 0.1) is 6.92 Å². The average molecular weight is 299 g/mol. The first kappa shape index (κ1) is 14.7. The van der Waals surface area contributed by atoms with Gasteiger partial charge < -0.3 is 5.32 Å². The maximum atomic E-state index is 12.3. The Morgan fingerprint density at radius 1 is 1.27 bits per heavy atom. The number of aromatic nitrogens is 4. The summed E-state index contributed by atoms with van der Waals surface area (Å²) in [5.74, 6) is 0.500. The molecule has 0 saturated heterocycles. The van der Waals surface area contributed by atoms with Crippen LogP contribution in [0.15, 0.2) is 24.3 Å². The van der Waals surface area contributed by atoms with E-state index in [1.54, 1.807) is 6.92 Å². The molecule has 1 N–H and O–H groups in total. The minimum absolute atomic E-state index is 0.0419. The molecule has 2 aromatic rings. The summed E-state index contributed by atoms with van der Waals surface area (Å²) in [5.41, 5.74) is 2.08. The molecule has 0 bridgehead atoms. The number of hydrogen-bond acceptors (Lipinski definition) is 4. The highest BCUT2D eigenvalue weighted by atomic mass is 16.2. The molecule has 6 heteroatoms. The molecule has 3 rings (SSSR count). The van der Waals surface area contributed by atoms with Crippen LogP contribution in [-0.2, 0) is 4.79 Å². The summed E-state index contributed by atoms with van der Waals surface area (Å²) in [7, 11) is 0. The van der Waals surface area contributed by atoms with E-state index in [4.69, 9.17) is 0 Å². The summed E-state index contributed by atoms with van der Waals surface area (Å²) in [6.45, 7) is 3.83. The number of benzene rings is 1. The fourth-order valence-electron chi connectivity index (χ4n) is 2.70. The van der Waals surface area contributed by atoms with Gasteiger partial charge in [0.05, 0.1) is 0 Å². The smallest absolute Gasteiger partial charge is 0.246 e. The molecule has 1 fully saturated rings. The van der Waals surface area contributed by atoms with Gasteiger partial charge in [0.1, 0.15) is 6.04 Å². The van der Waals surface area contributed by atoms with Crippen molar-refractivity contribution >= 4 is 5.91 Å². The van der Waals surface area contributed by atoms with Gasteiger partial charge in [0.15, 0.2) is 0 Å². The number of hydrogen-bond donors (Lipinski definition) is 1. The maximum absolute atomic E-state index is 12.3. The van der Waals surface area contributed by atoms with Crippen molar-refractivity contribution in [2.45, 2.75) is 51.6 Å². The second-order valence-electron chi connectivity index (χ2n) is 5.97. The highest BCUT2D eigenvalue weighted by molar-refractivity contribution is 5.80. The summed E-state index contributed by atoms with van der Waals surface area (Å²) in [6.07, 6.45) is 4.52. The lowest BCUT2D eigenvalue weighted by molar-refractivity contribution is -0.125. The number of carbonyl (C=O) groups excluding carboxylic acids is 1. The Morgan fingerprint density at radius 2 is 1.95 bits per heavy atom. The second-order valence-corrected chi connectivity index (χ2v) is 5.97. The predicted molar refractivity (Wildman–Crippen MR) is 83.1 cm³/mol. The summed E-state index contributed by atoms with van der Waals surface area (Å²) in [4.78, 5) is 13.6. The Bertz CT molecular complexity index is 643. The minimum atomic E-state index is -0.452. The van der Waals surface area contributed by atoms with Crippen LogP contribution in [0.4, 0.5) is 0 Å². The molecule has 6 nitrogen and oxygen atoms in total. The van der Waals surface area contributed by atoms with Crippen molar-refractivity contribution in [3.8, 4) is 11.4 Å². The molecule has 1 aromatic carbocycles. The predicted octanol–water partition coefficient (Wildman–Crippen LogP) is 2.27. The van der Waals surface area contributed by atoms with Gasteiger partial charge in [-0.3, -0.25) is 4.79 Å². The second kappa shape index (κ2) is 6.25. The molecular weight excluding hydrogens is 278 g/mol. The zero-order chi connectivity index (χ0) is 15.5. The zero-order valence-corrected chi connectivity index (χ0v) is 13.0. The van der Waals surface area contributed by atoms with Gasteiger partial charge >= 0.3 is 0 Å². The number of tetrazole rings is 1. The Morgan fingerprint density at radius 3 is 2.64 bits per heavy atom. The Kier molecular flexibility index (Phi) is 4.18. The molecule has 1 heterocycles. The molecule has 1 aliphatic carbocycles. The molecule has 0 spiro atoms. The molecule has 1 aliphatic rings. The van der Waals surface area contributed by atoms with Gasteiger partial charge in [0.25, 0.3) is 0 Å². The van der Waals surface area contributed by atoms with Gasteiger partial charge in [-0.15, -0.1) is 10.2 Å². The van der Waals surface area contributed by atoms with E-state index in [0.29, 0.717) is 11.9 Å². The van der Waals surface area contributed by atoms with Crippen LogP contribution in [0.1, 0.15) is 44.2 Å². The molecule has 1 atom stereocenters. The third-order valence-electron chi connectivity index (χ3n) is 4.17. The van der Waals surface area contributed by atoms with Crippen molar-refractivity contribution in [2.24, 2.45) is 0 Å². The number of nitrogens with zero attached hydrogens (tertiary/aromatic N) is 4. The maximum Gasteiger partial charge on any atom is 0.246 e. The van der Waals surface area contributed by atoms with Gasteiger partial charge in [-0.1, -0.05) is 42.7 Å². The Labute approximate surface area is 129 Å². The fraction of sp³-hybridized carbons (Fsp3) is 0.500. The normalized spacial score (nSPS) is 16.6. The van der Waals surface area contributed by atoms with Gasteiger partial charge in [-0.25, -0.2) is 0 Å². The molecule has 22 heavy (non-hydrogen) atoms. The summed E-state index contributed by atoms with van der Waals surface area (Å²) in [5, 5.41) is 15.5. The van der Waals surface area contributed by atoms with E-state index in [1.165, 1.54) is 23.2 Å². The zero-order valence-electron chi connectivity index (χ0n) is 13.0. The van der Waals surface area contributed by atoms with Gasteiger partial charge in [-0.2, -0.15) is 4.80 Å². The van der Waals surface area contributed by atoms with Crippen molar-refractivity contribution in [1.29, 1.82) is 0 Å². The van der Waals surface area contributed by atoms with Crippen molar-refractivity contribution in [1.82, 2.24) is 25.5 Å². The Hall–Kier alpha value is -2.24. The molecule has 1 amide bonds. The van der Waals surface area contributed by atoms with Crippen LogP contribution in [0.3, 0.4) is 0 Å². The van der Waals surface area contributed by atoms with Gasteiger partial charge in [0, 0.05) is 11.6 Å². The fourth-order valence-corrected chi connectivity index (χ4v) is 2.70. The van der Waals surface area contributed by atoms with Crippen molar-refractivity contribution in [3.63, 3.8) is 0 Å². The topological polar surface area (TPSA) is 72.7 Å². The lowest BCUT2D eigenvalue weighted by Gasteiger charge is -2.15. The molecule has 1 saturated carbocycles. The van der Waals surface area contributed by atoms with E-state index in [-0.39, 0.29) is 5.91 Å². The highest BCUT2D eigenvalue weighted by Gasteiger charge is 2.23. The number of rotatable bonds is 4. The van der Waals surface area contributed by atoms with E-state index < -0.39 is 6.04 Å². The third kappa shape index (κ3) is 3.16. The first-order valence-corrected chi connectivity index (χ1v) is 7.80. The van der Waals surface area contributed by atoms with Crippen molar-refractivity contribution < 1.29 is 4.79 Å². The van der Waals surface area contributed by atoms with E-state index in [1.807, 2.05) is 31.2 Å². The van der Waals surface area contributed by atoms with E-state index in [0.717, 1.165) is 18.4 Å². The quantitative estimate of drug-likeness (QED) is 0.940. The summed E-state index contributed by atoms with van der Waals surface area (Å²) >= 11 is 0. The summed E-state index contributed by atoms with van der Waals surface area (Å²) in [6, 6.07) is 7.78. The minimum Gasteiger partial charge on any atom is -0.351 e. The molecule has 0 aliphatic heterocycles. The van der Waals surface area contributed by atoms with E-state index in [2.05, 4.69) is 20.7 Å². The summed E-state index contributed by atoms with van der Waals surface area (Å²) < 4.78 is 0. The molecular formula is C16H21N5O. The van der Waals surface area contributed by atoms with Crippen LogP contribution in [0.25, 0.3) is 11.4 Å². The number of carbonyl (C=O) groups is 1. The average Bonchev–Trinajstić information content (AvgIpc) is 3.18. The molecule has 0 radical (unpaired) electrons. The first-order valence-electron chi connectivity index (χ1n) is 7.80. The van der Waals surface area contributed by atoms with Crippen LogP contribution >= 0.6 is 0 Å².